The minimum absolute atomic E-state index is 0.0164. The summed E-state index contributed by atoms with van der Waals surface area (Å²) in [6, 6.07) is 25.4. The minimum atomic E-state index is -0.512. The second kappa shape index (κ2) is 10.0. The topological polar surface area (TPSA) is 62.1 Å². The number of amides is 1. The van der Waals surface area contributed by atoms with E-state index in [1.807, 2.05) is 68.4 Å². The molecule has 1 amide bonds. The number of aryl methyl sites for hydroxylation is 2. The number of benzene rings is 4. The van der Waals surface area contributed by atoms with Crippen LogP contribution in [0.2, 0.25) is 0 Å². The third-order valence-corrected chi connectivity index (χ3v) is 5.56. The van der Waals surface area contributed by atoms with Gasteiger partial charge in [0.2, 0.25) is 0 Å². The van der Waals surface area contributed by atoms with Crippen molar-refractivity contribution in [3.8, 4) is 11.8 Å². The fraction of sp³-hybridized carbons (Fsp3) is 0.103. The Hall–Kier alpha value is -4.43. The van der Waals surface area contributed by atoms with E-state index in [1.54, 1.807) is 24.3 Å². The van der Waals surface area contributed by atoms with Crippen LogP contribution in [0, 0.1) is 31.0 Å². The predicted molar refractivity (Wildman–Crippen MR) is 133 cm³/mol. The lowest BCUT2D eigenvalue weighted by atomic mass is 10.0. The Bertz CT molecular complexity index is 1450. The highest BCUT2D eigenvalue weighted by Crippen LogP contribution is 2.31. The maximum atomic E-state index is 14.1. The summed E-state index contributed by atoms with van der Waals surface area (Å²) in [5, 5.41) is 14.4. The van der Waals surface area contributed by atoms with Crippen molar-refractivity contribution in [2.24, 2.45) is 0 Å². The molecule has 1 N–H and O–H groups in total. The third kappa shape index (κ3) is 4.97. The fourth-order valence-electron chi connectivity index (χ4n) is 3.76. The zero-order valence-electron chi connectivity index (χ0n) is 18.9. The van der Waals surface area contributed by atoms with E-state index in [0.717, 1.165) is 21.9 Å². The largest absolute Gasteiger partial charge is 0.488 e. The van der Waals surface area contributed by atoms with Crippen molar-refractivity contribution >= 4 is 28.4 Å². The van der Waals surface area contributed by atoms with Crippen LogP contribution in [0.25, 0.3) is 16.8 Å². The molecule has 0 aliphatic heterocycles. The summed E-state index contributed by atoms with van der Waals surface area (Å²) in [7, 11) is 0. The maximum Gasteiger partial charge on any atom is 0.266 e. The number of ether oxygens (including phenoxy) is 1. The second-order valence-electron chi connectivity index (χ2n) is 8.02. The van der Waals surface area contributed by atoms with E-state index in [1.165, 1.54) is 12.1 Å². The molecule has 4 nitrogen and oxygen atoms in total. The summed E-state index contributed by atoms with van der Waals surface area (Å²) in [4.78, 5) is 13.0. The first-order valence-corrected chi connectivity index (χ1v) is 10.8. The molecule has 0 aliphatic rings. The number of nitrogens with one attached hydrogen (secondary N) is 1. The van der Waals surface area contributed by atoms with Gasteiger partial charge in [-0.15, -0.1) is 0 Å². The molecule has 5 heteroatoms. The molecule has 34 heavy (non-hydrogen) atoms. The van der Waals surface area contributed by atoms with Crippen molar-refractivity contribution < 1.29 is 13.9 Å². The van der Waals surface area contributed by atoms with Crippen LogP contribution in [-0.4, -0.2) is 5.91 Å². The van der Waals surface area contributed by atoms with Crippen molar-refractivity contribution in [3.63, 3.8) is 0 Å². The Labute approximate surface area is 197 Å². The standard InChI is InChI=1S/C29H23FN2O2/c1-19-11-13-27(20(2)15-19)32-29(33)23(17-31)16-25-24-9-5-3-7-21(24)12-14-28(25)34-18-22-8-4-6-10-26(22)30/h3-16H,18H2,1-2H3,(H,32,33)/b23-16+. The number of fused-ring (bicyclic) bond motifs is 1. The van der Waals surface area contributed by atoms with E-state index < -0.39 is 5.91 Å². The molecule has 0 atom stereocenters. The van der Waals surface area contributed by atoms with Crippen LogP contribution in [0.4, 0.5) is 10.1 Å². The first-order chi connectivity index (χ1) is 16.5. The number of hydrogen-bond acceptors (Lipinski definition) is 3. The molecule has 0 saturated carbocycles. The molecular formula is C29H23FN2O2. The van der Waals surface area contributed by atoms with Gasteiger partial charge in [0.05, 0.1) is 0 Å². The molecule has 0 aromatic heterocycles. The quantitative estimate of drug-likeness (QED) is 0.262. The summed E-state index contributed by atoms with van der Waals surface area (Å²) in [6.45, 7) is 3.89. The van der Waals surface area contributed by atoms with E-state index in [9.17, 15) is 14.4 Å². The number of carbonyl (C=O) groups excluding carboxylic acids is 1. The Kier molecular flexibility index (Phi) is 6.70. The molecule has 168 valence electrons. The molecule has 0 fully saturated rings. The summed E-state index contributed by atoms with van der Waals surface area (Å²) < 4.78 is 20.1. The van der Waals surface area contributed by atoms with Crippen LogP contribution in [-0.2, 0) is 11.4 Å². The smallest absolute Gasteiger partial charge is 0.266 e. The molecule has 0 saturated heterocycles. The highest BCUT2D eigenvalue weighted by atomic mass is 19.1. The normalized spacial score (nSPS) is 11.2. The van der Waals surface area contributed by atoms with E-state index >= 15 is 0 Å². The first-order valence-electron chi connectivity index (χ1n) is 10.8. The molecular weight excluding hydrogens is 427 g/mol. The van der Waals surface area contributed by atoms with Gasteiger partial charge in [0.1, 0.15) is 29.8 Å². The van der Waals surface area contributed by atoms with E-state index in [2.05, 4.69) is 5.32 Å². The molecule has 0 bridgehead atoms. The molecule has 0 spiro atoms. The Balaban J connectivity index is 1.71. The van der Waals surface area contributed by atoms with Gasteiger partial charge in [-0.1, -0.05) is 66.2 Å². The molecule has 4 aromatic carbocycles. The van der Waals surface area contributed by atoms with Crippen molar-refractivity contribution in [2.45, 2.75) is 20.5 Å². The van der Waals surface area contributed by atoms with Crippen LogP contribution in [0.15, 0.2) is 84.4 Å². The number of halogens is 1. The maximum absolute atomic E-state index is 14.1. The molecule has 0 aliphatic carbocycles. The minimum Gasteiger partial charge on any atom is -0.488 e. The highest BCUT2D eigenvalue weighted by molar-refractivity contribution is 6.11. The number of carbonyl (C=O) groups is 1. The lowest BCUT2D eigenvalue weighted by molar-refractivity contribution is -0.112. The van der Waals surface area contributed by atoms with Gasteiger partial charge >= 0.3 is 0 Å². The fourth-order valence-corrected chi connectivity index (χ4v) is 3.76. The zero-order valence-corrected chi connectivity index (χ0v) is 18.9. The summed E-state index contributed by atoms with van der Waals surface area (Å²) in [6.07, 6.45) is 1.53. The Morgan fingerprint density at radius 2 is 1.79 bits per heavy atom. The Morgan fingerprint density at radius 1 is 1.03 bits per heavy atom. The van der Waals surface area contributed by atoms with Crippen LogP contribution < -0.4 is 10.1 Å². The molecule has 0 radical (unpaired) electrons. The molecule has 0 heterocycles. The van der Waals surface area contributed by atoms with Crippen LogP contribution in [0.1, 0.15) is 22.3 Å². The second-order valence-corrected chi connectivity index (χ2v) is 8.02. The SMILES string of the molecule is Cc1ccc(NC(=O)/C(C#N)=C/c2c(OCc3ccccc3F)ccc3ccccc23)c(C)c1. The lowest BCUT2D eigenvalue weighted by Gasteiger charge is -2.13. The summed E-state index contributed by atoms with van der Waals surface area (Å²) in [5.74, 6) is -0.414. The van der Waals surface area contributed by atoms with Gasteiger partial charge in [0, 0.05) is 16.8 Å². The van der Waals surface area contributed by atoms with Gasteiger partial charge in [0.25, 0.3) is 5.91 Å². The lowest BCUT2D eigenvalue weighted by Crippen LogP contribution is -2.14. The van der Waals surface area contributed by atoms with Gasteiger partial charge in [-0.3, -0.25) is 4.79 Å². The van der Waals surface area contributed by atoms with Gasteiger partial charge in [-0.25, -0.2) is 4.39 Å². The number of anilines is 1. The predicted octanol–water partition coefficient (Wildman–Crippen LogP) is 6.72. The third-order valence-electron chi connectivity index (χ3n) is 5.56. The number of nitrogens with zero attached hydrogens (tertiary/aromatic N) is 1. The van der Waals surface area contributed by atoms with Crippen molar-refractivity contribution in [1.82, 2.24) is 0 Å². The number of nitriles is 1. The number of hydrogen-bond donors (Lipinski definition) is 1. The van der Waals surface area contributed by atoms with E-state index in [-0.39, 0.29) is 18.0 Å². The molecule has 0 unspecified atom stereocenters. The molecule has 4 rings (SSSR count). The van der Waals surface area contributed by atoms with Gasteiger partial charge in [-0.2, -0.15) is 5.26 Å². The zero-order chi connectivity index (χ0) is 24.1. The monoisotopic (exact) mass is 450 g/mol. The molecule has 4 aromatic rings. The number of rotatable bonds is 6. The van der Waals surface area contributed by atoms with Crippen molar-refractivity contribution in [2.75, 3.05) is 5.32 Å². The van der Waals surface area contributed by atoms with Crippen LogP contribution in [0.3, 0.4) is 0 Å². The van der Waals surface area contributed by atoms with E-state index in [4.69, 9.17) is 4.74 Å². The summed E-state index contributed by atoms with van der Waals surface area (Å²) in [5.41, 5.74) is 3.57. The van der Waals surface area contributed by atoms with Gasteiger partial charge in [-0.05, 0) is 54.5 Å². The van der Waals surface area contributed by atoms with Gasteiger partial charge in [0.15, 0.2) is 0 Å². The van der Waals surface area contributed by atoms with E-state index in [0.29, 0.717) is 22.6 Å². The average molecular weight is 451 g/mol. The van der Waals surface area contributed by atoms with Gasteiger partial charge < -0.3 is 10.1 Å². The average Bonchev–Trinajstić information content (AvgIpc) is 2.84. The van der Waals surface area contributed by atoms with Crippen LogP contribution in [0.5, 0.6) is 5.75 Å². The first kappa shape index (κ1) is 22.8. The van der Waals surface area contributed by atoms with Crippen molar-refractivity contribution in [1.29, 1.82) is 5.26 Å². The highest BCUT2D eigenvalue weighted by Gasteiger charge is 2.15. The van der Waals surface area contributed by atoms with Crippen LogP contribution >= 0.6 is 0 Å². The van der Waals surface area contributed by atoms with Crippen molar-refractivity contribution in [3.05, 3.63) is 113 Å². The summed E-state index contributed by atoms with van der Waals surface area (Å²) >= 11 is 0. The Morgan fingerprint density at radius 3 is 2.56 bits per heavy atom.